The van der Waals surface area contributed by atoms with Crippen molar-refractivity contribution in [3.8, 4) is 0 Å². The summed E-state index contributed by atoms with van der Waals surface area (Å²) < 4.78 is 3.83. The fourth-order valence-electron chi connectivity index (χ4n) is 2.15. The predicted molar refractivity (Wildman–Crippen MR) is 69.2 cm³/mol. The van der Waals surface area contributed by atoms with E-state index in [1.807, 2.05) is 18.8 Å². The van der Waals surface area contributed by atoms with Crippen LogP contribution in [0.2, 0.25) is 0 Å². The summed E-state index contributed by atoms with van der Waals surface area (Å²) in [4.78, 5) is 0. The van der Waals surface area contributed by atoms with E-state index in [9.17, 15) is 0 Å². The molecular formula is C12H20N6. The second-order valence-electron chi connectivity index (χ2n) is 4.23. The first-order chi connectivity index (χ1) is 8.71. The van der Waals surface area contributed by atoms with Gasteiger partial charge in [-0.1, -0.05) is 12.1 Å². The maximum absolute atomic E-state index is 4.58. The number of aryl methyl sites for hydroxylation is 3. The van der Waals surface area contributed by atoms with Crippen LogP contribution >= 0.6 is 0 Å². The Morgan fingerprint density at radius 1 is 1.33 bits per heavy atom. The molecule has 6 heteroatoms. The Morgan fingerprint density at radius 3 is 2.61 bits per heavy atom. The van der Waals surface area contributed by atoms with Crippen molar-refractivity contribution in [3.05, 3.63) is 29.3 Å². The Hall–Kier alpha value is -1.69. The predicted octanol–water partition coefficient (Wildman–Crippen LogP) is 0.903. The maximum Gasteiger partial charge on any atom is 0.0932 e. The molecule has 0 aliphatic heterocycles. The Kier molecular flexibility index (Phi) is 3.76. The highest BCUT2D eigenvalue weighted by atomic mass is 15.4. The summed E-state index contributed by atoms with van der Waals surface area (Å²) in [5.74, 6) is 0. The van der Waals surface area contributed by atoms with Crippen molar-refractivity contribution >= 4 is 0 Å². The van der Waals surface area contributed by atoms with E-state index in [1.165, 1.54) is 0 Å². The van der Waals surface area contributed by atoms with Crippen molar-refractivity contribution in [1.29, 1.82) is 0 Å². The third-order valence-electron chi connectivity index (χ3n) is 3.15. The van der Waals surface area contributed by atoms with Crippen molar-refractivity contribution in [3.63, 3.8) is 0 Å². The van der Waals surface area contributed by atoms with Gasteiger partial charge in [-0.2, -0.15) is 5.10 Å². The minimum Gasteiger partial charge on any atom is -0.307 e. The molecule has 2 aromatic rings. The molecule has 98 valence electrons. The van der Waals surface area contributed by atoms with Gasteiger partial charge in [0.15, 0.2) is 0 Å². The minimum absolute atomic E-state index is 0.0674. The standard InChI is InChI=1S/C12H20N6/c1-5-9-7-10(18(6-2)15-9)12(13-3)11-8-14-16-17(11)4/h7-8,12-13H,5-6H2,1-4H3. The van der Waals surface area contributed by atoms with Crippen molar-refractivity contribution < 1.29 is 0 Å². The van der Waals surface area contributed by atoms with Gasteiger partial charge in [-0.05, 0) is 26.5 Å². The number of aromatic nitrogens is 5. The van der Waals surface area contributed by atoms with Gasteiger partial charge in [0.1, 0.15) is 0 Å². The van der Waals surface area contributed by atoms with E-state index in [4.69, 9.17) is 0 Å². The molecule has 6 nitrogen and oxygen atoms in total. The van der Waals surface area contributed by atoms with Gasteiger partial charge >= 0.3 is 0 Å². The summed E-state index contributed by atoms with van der Waals surface area (Å²) in [5.41, 5.74) is 3.30. The fraction of sp³-hybridized carbons (Fsp3) is 0.583. The molecule has 0 fully saturated rings. The van der Waals surface area contributed by atoms with Gasteiger partial charge in [0.25, 0.3) is 0 Å². The van der Waals surface area contributed by atoms with Crippen LogP contribution in [0.5, 0.6) is 0 Å². The van der Waals surface area contributed by atoms with Crippen molar-refractivity contribution in [2.45, 2.75) is 32.9 Å². The van der Waals surface area contributed by atoms with Gasteiger partial charge in [-0.25, -0.2) is 0 Å². The zero-order valence-corrected chi connectivity index (χ0v) is 11.4. The quantitative estimate of drug-likeness (QED) is 0.854. The molecule has 1 N–H and O–H groups in total. The molecular weight excluding hydrogens is 228 g/mol. The molecule has 2 heterocycles. The molecule has 0 aliphatic carbocycles. The molecule has 2 rings (SSSR count). The van der Waals surface area contributed by atoms with Gasteiger partial charge in [-0.15, -0.1) is 5.10 Å². The number of hydrogen-bond acceptors (Lipinski definition) is 4. The van der Waals surface area contributed by atoms with Crippen LogP contribution in [0.15, 0.2) is 12.3 Å². The highest BCUT2D eigenvalue weighted by molar-refractivity contribution is 5.23. The second-order valence-corrected chi connectivity index (χ2v) is 4.23. The van der Waals surface area contributed by atoms with Gasteiger partial charge in [0.05, 0.1) is 29.3 Å². The van der Waals surface area contributed by atoms with Crippen LogP contribution in [0, 0.1) is 0 Å². The number of hydrogen-bond donors (Lipinski definition) is 1. The monoisotopic (exact) mass is 248 g/mol. The lowest BCUT2D eigenvalue weighted by Crippen LogP contribution is -2.23. The number of nitrogens with one attached hydrogen (secondary N) is 1. The normalized spacial score (nSPS) is 12.9. The molecule has 0 amide bonds. The molecule has 0 saturated heterocycles. The molecule has 18 heavy (non-hydrogen) atoms. The van der Waals surface area contributed by atoms with Gasteiger partial charge in [0, 0.05) is 13.6 Å². The van der Waals surface area contributed by atoms with E-state index in [0.717, 1.165) is 30.0 Å². The SMILES string of the molecule is CCc1cc(C(NC)c2cnnn2C)n(CC)n1. The summed E-state index contributed by atoms with van der Waals surface area (Å²) in [7, 11) is 3.84. The van der Waals surface area contributed by atoms with Crippen LogP contribution in [-0.2, 0) is 20.0 Å². The smallest absolute Gasteiger partial charge is 0.0932 e. The highest BCUT2D eigenvalue weighted by Crippen LogP contribution is 2.21. The second kappa shape index (κ2) is 5.30. The molecule has 2 aromatic heterocycles. The van der Waals surface area contributed by atoms with Gasteiger partial charge in [-0.3, -0.25) is 9.36 Å². The zero-order chi connectivity index (χ0) is 13.1. The van der Waals surface area contributed by atoms with Crippen LogP contribution < -0.4 is 5.32 Å². The van der Waals surface area contributed by atoms with Crippen molar-refractivity contribution in [1.82, 2.24) is 30.1 Å². The van der Waals surface area contributed by atoms with Crippen LogP contribution in [0.25, 0.3) is 0 Å². The lowest BCUT2D eigenvalue weighted by Gasteiger charge is -2.16. The molecule has 1 atom stereocenters. The van der Waals surface area contributed by atoms with E-state index in [-0.39, 0.29) is 6.04 Å². The average Bonchev–Trinajstić information content (AvgIpc) is 2.98. The number of nitrogens with zero attached hydrogens (tertiary/aromatic N) is 5. The molecule has 0 spiro atoms. The molecule has 0 aliphatic rings. The topological polar surface area (TPSA) is 60.6 Å². The lowest BCUT2D eigenvalue weighted by atomic mass is 10.1. The fourth-order valence-corrected chi connectivity index (χ4v) is 2.15. The Labute approximate surface area is 107 Å². The van der Waals surface area contributed by atoms with E-state index in [0.29, 0.717) is 0 Å². The zero-order valence-electron chi connectivity index (χ0n) is 11.4. The highest BCUT2D eigenvalue weighted by Gasteiger charge is 2.20. The summed E-state index contributed by atoms with van der Waals surface area (Å²) in [6.07, 6.45) is 2.74. The van der Waals surface area contributed by atoms with Gasteiger partial charge < -0.3 is 5.32 Å². The summed E-state index contributed by atoms with van der Waals surface area (Å²) in [5, 5.41) is 15.8. The van der Waals surface area contributed by atoms with Crippen LogP contribution in [0.3, 0.4) is 0 Å². The van der Waals surface area contributed by atoms with Crippen molar-refractivity contribution in [2.75, 3.05) is 7.05 Å². The van der Waals surface area contributed by atoms with E-state index in [2.05, 4.69) is 40.6 Å². The minimum atomic E-state index is 0.0674. The Morgan fingerprint density at radius 2 is 2.11 bits per heavy atom. The average molecular weight is 248 g/mol. The third-order valence-corrected chi connectivity index (χ3v) is 3.15. The van der Waals surface area contributed by atoms with Gasteiger partial charge in [0.2, 0.25) is 0 Å². The lowest BCUT2D eigenvalue weighted by molar-refractivity contribution is 0.531. The summed E-state index contributed by atoms with van der Waals surface area (Å²) in [6, 6.07) is 2.22. The van der Waals surface area contributed by atoms with E-state index >= 15 is 0 Å². The van der Waals surface area contributed by atoms with E-state index in [1.54, 1.807) is 10.9 Å². The molecule has 0 radical (unpaired) electrons. The first kappa shape index (κ1) is 12.8. The maximum atomic E-state index is 4.58. The molecule has 1 unspecified atom stereocenters. The summed E-state index contributed by atoms with van der Waals surface area (Å²) in [6.45, 7) is 5.08. The first-order valence-corrected chi connectivity index (χ1v) is 6.29. The van der Waals surface area contributed by atoms with Crippen LogP contribution in [0.1, 0.15) is 37.0 Å². The summed E-state index contributed by atoms with van der Waals surface area (Å²) >= 11 is 0. The van der Waals surface area contributed by atoms with Crippen molar-refractivity contribution in [2.24, 2.45) is 7.05 Å². The van der Waals surface area contributed by atoms with Crippen LogP contribution in [-0.4, -0.2) is 31.8 Å². The molecule has 0 saturated carbocycles. The van der Waals surface area contributed by atoms with Crippen LogP contribution in [0.4, 0.5) is 0 Å². The van der Waals surface area contributed by atoms with E-state index < -0.39 is 0 Å². The molecule has 0 bridgehead atoms. The number of rotatable bonds is 5. The Bertz CT molecular complexity index is 512. The molecule has 0 aromatic carbocycles. The largest absolute Gasteiger partial charge is 0.307 e. The first-order valence-electron chi connectivity index (χ1n) is 6.29. The third kappa shape index (κ3) is 2.15. The Balaban J connectivity index is 2.44.